The van der Waals surface area contributed by atoms with Crippen molar-refractivity contribution in [1.29, 1.82) is 0 Å². The Kier molecular flexibility index (Phi) is 5.96. The van der Waals surface area contributed by atoms with Gasteiger partial charge in [-0.25, -0.2) is 0 Å². The summed E-state index contributed by atoms with van der Waals surface area (Å²) in [7, 11) is 0. The zero-order valence-electron chi connectivity index (χ0n) is 10.2. The summed E-state index contributed by atoms with van der Waals surface area (Å²) in [5.74, 6) is 0.951. The summed E-state index contributed by atoms with van der Waals surface area (Å²) in [4.78, 5) is 0. The third-order valence-electron chi connectivity index (χ3n) is 2.96. The van der Waals surface area contributed by atoms with Crippen LogP contribution in [0.4, 0.5) is 0 Å². The average Bonchev–Trinajstić information content (AvgIpc) is 2.11. The first-order valence-electron chi connectivity index (χ1n) is 6.16. The van der Waals surface area contributed by atoms with Crippen LogP contribution in [0.25, 0.3) is 0 Å². The van der Waals surface area contributed by atoms with E-state index in [0.717, 1.165) is 24.6 Å². The third kappa shape index (κ3) is 5.95. The highest BCUT2D eigenvalue weighted by atomic mass is 16.5. The van der Waals surface area contributed by atoms with Crippen LogP contribution in [-0.2, 0) is 4.74 Å². The van der Waals surface area contributed by atoms with Gasteiger partial charge in [0, 0.05) is 19.2 Å². The molecule has 1 rings (SSSR count). The molecule has 1 aliphatic rings. The van der Waals surface area contributed by atoms with Crippen molar-refractivity contribution in [2.45, 2.75) is 45.6 Å². The molecule has 15 heavy (non-hydrogen) atoms. The number of hydrogen-bond donors (Lipinski definition) is 1. The number of rotatable bonds is 8. The monoisotopic (exact) mass is 211 g/mol. The van der Waals surface area contributed by atoms with E-state index in [0.29, 0.717) is 12.6 Å². The van der Waals surface area contributed by atoms with Gasteiger partial charge >= 0.3 is 0 Å². The first-order valence-corrected chi connectivity index (χ1v) is 6.16. The van der Waals surface area contributed by atoms with Crippen molar-refractivity contribution in [2.24, 2.45) is 5.92 Å². The van der Waals surface area contributed by atoms with Crippen molar-refractivity contribution >= 4 is 0 Å². The Labute approximate surface area is 94.1 Å². The molecule has 2 nitrogen and oxygen atoms in total. The van der Waals surface area contributed by atoms with E-state index in [-0.39, 0.29) is 0 Å². The zero-order valence-corrected chi connectivity index (χ0v) is 10.2. The van der Waals surface area contributed by atoms with Gasteiger partial charge in [-0.05, 0) is 17.9 Å². The van der Waals surface area contributed by atoms with Crippen LogP contribution in [0.1, 0.15) is 39.5 Å². The molecular formula is C13H25NO. The van der Waals surface area contributed by atoms with E-state index in [1.54, 1.807) is 0 Å². The molecule has 0 unspecified atom stereocenters. The van der Waals surface area contributed by atoms with Crippen LogP contribution in [0.3, 0.4) is 0 Å². The van der Waals surface area contributed by atoms with Crippen molar-refractivity contribution in [3.8, 4) is 0 Å². The van der Waals surface area contributed by atoms with Crippen LogP contribution in [0, 0.1) is 5.92 Å². The lowest BCUT2D eigenvalue weighted by Gasteiger charge is -2.25. The molecule has 0 saturated heterocycles. The van der Waals surface area contributed by atoms with E-state index < -0.39 is 0 Å². The van der Waals surface area contributed by atoms with Crippen LogP contribution in [-0.4, -0.2) is 25.8 Å². The van der Waals surface area contributed by atoms with Crippen molar-refractivity contribution in [2.75, 3.05) is 19.8 Å². The molecule has 0 radical (unpaired) electrons. The lowest BCUT2D eigenvalue weighted by Crippen LogP contribution is -2.26. The predicted octanol–water partition coefficient (Wildman–Crippen LogP) is 2.75. The van der Waals surface area contributed by atoms with Gasteiger partial charge in [-0.3, -0.25) is 0 Å². The van der Waals surface area contributed by atoms with Crippen LogP contribution in [0.2, 0.25) is 0 Å². The fraction of sp³-hybridized carbons (Fsp3) is 0.846. The Morgan fingerprint density at radius 2 is 2.20 bits per heavy atom. The van der Waals surface area contributed by atoms with E-state index in [4.69, 9.17) is 4.74 Å². The van der Waals surface area contributed by atoms with Gasteiger partial charge in [0.15, 0.2) is 0 Å². The molecule has 1 N–H and O–H groups in total. The van der Waals surface area contributed by atoms with Gasteiger partial charge in [0.2, 0.25) is 0 Å². The quantitative estimate of drug-likeness (QED) is 0.492. The van der Waals surface area contributed by atoms with Gasteiger partial charge in [-0.1, -0.05) is 39.7 Å². The van der Waals surface area contributed by atoms with E-state index in [2.05, 4.69) is 25.7 Å². The van der Waals surface area contributed by atoms with Crippen molar-refractivity contribution in [1.82, 2.24) is 5.32 Å². The topological polar surface area (TPSA) is 21.3 Å². The van der Waals surface area contributed by atoms with Crippen LogP contribution < -0.4 is 5.32 Å². The van der Waals surface area contributed by atoms with Crippen LogP contribution in [0.5, 0.6) is 0 Å². The zero-order chi connectivity index (χ0) is 11.1. The molecule has 1 saturated carbocycles. The Hall–Kier alpha value is -0.340. The second-order valence-electron chi connectivity index (χ2n) is 4.92. The molecule has 88 valence electrons. The van der Waals surface area contributed by atoms with Gasteiger partial charge in [-0.15, -0.1) is 0 Å². The van der Waals surface area contributed by atoms with E-state index >= 15 is 0 Å². The van der Waals surface area contributed by atoms with Gasteiger partial charge in [0.25, 0.3) is 0 Å². The Bertz CT molecular complexity index is 185. The lowest BCUT2D eigenvalue weighted by molar-refractivity contribution is 0.122. The molecule has 0 heterocycles. The van der Waals surface area contributed by atoms with Crippen molar-refractivity contribution < 1.29 is 4.74 Å². The maximum absolute atomic E-state index is 5.59. The largest absolute Gasteiger partial charge is 0.377 e. The highest BCUT2D eigenvalue weighted by molar-refractivity contribution is 4.97. The van der Waals surface area contributed by atoms with Gasteiger partial charge in [0.05, 0.1) is 6.61 Å². The van der Waals surface area contributed by atoms with Gasteiger partial charge in [-0.2, -0.15) is 0 Å². The minimum Gasteiger partial charge on any atom is -0.377 e. The van der Waals surface area contributed by atoms with Gasteiger partial charge < -0.3 is 10.1 Å². The highest BCUT2D eigenvalue weighted by Crippen LogP contribution is 2.29. The maximum atomic E-state index is 5.59. The molecule has 0 aliphatic heterocycles. The second kappa shape index (κ2) is 7.02. The lowest BCUT2D eigenvalue weighted by atomic mass is 9.83. The Morgan fingerprint density at radius 1 is 1.47 bits per heavy atom. The molecule has 0 spiro atoms. The standard InChI is InChI=1S/C13H25NO/c1-11(2)14-9-12(3)10-15-8-7-13-5-4-6-13/h11,13-14H,3-10H2,1-2H3. The molecule has 0 atom stereocenters. The van der Waals surface area contributed by atoms with Gasteiger partial charge in [0.1, 0.15) is 0 Å². The van der Waals surface area contributed by atoms with Crippen molar-refractivity contribution in [3.63, 3.8) is 0 Å². The molecule has 2 heteroatoms. The molecule has 0 aromatic rings. The summed E-state index contributed by atoms with van der Waals surface area (Å²) in [6.45, 7) is 10.8. The number of ether oxygens (including phenoxy) is 1. The van der Waals surface area contributed by atoms with E-state index in [1.807, 2.05) is 0 Å². The summed E-state index contributed by atoms with van der Waals surface area (Å²) < 4.78 is 5.59. The summed E-state index contributed by atoms with van der Waals surface area (Å²) in [5.41, 5.74) is 1.15. The first kappa shape index (κ1) is 12.7. The smallest absolute Gasteiger partial charge is 0.0686 e. The fourth-order valence-electron chi connectivity index (χ4n) is 1.65. The van der Waals surface area contributed by atoms with E-state index in [9.17, 15) is 0 Å². The molecule has 1 aliphatic carbocycles. The first-order chi connectivity index (χ1) is 7.18. The maximum Gasteiger partial charge on any atom is 0.0686 e. The SMILES string of the molecule is C=C(CNC(C)C)COCCC1CCC1. The highest BCUT2D eigenvalue weighted by Gasteiger charge is 2.16. The Balaban J connectivity index is 1.87. The fourth-order valence-corrected chi connectivity index (χ4v) is 1.65. The molecule has 1 fully saturated rings. The minimum absolute atomic E-state index is 0.525. The third-order valence-corrected chi connectivity index (χ3v) is 2.96. The van der Waals surface area contributed by atoms with E-state index in [1.165, 1.54) is 25.7 Å². The molecule has 0 aromatic heterocycles. The molecule has 0 aromatic carbocycles. The number of nitrogens with one attached hydrogen (secondary N) is 1. The molecular weight excluding hydrogens is 186 g/mol. The average molecular weight is 211 g/mol. The van der Waals surface area contributed by atoms with Crippen molar-refractivity contribution in [3.05, 3.63) is 12.2 Å². The molecule has 0 amide bonds. The minimum atomic E-state index is 0.525. The summed E-state index contributed by atoms with van der Waals surface area (Å²) >= 11 is 0. The Morgan fingerprint density at radius 3 is 2.73 bits per heavy atom. The summed E-state index contributed by atoms with van der Waals surface area (Å²) in [5, 5.41) is 3.34. The normalized spacial score (nSPS) is 16.7. The van der Waals surface area contributed by atoms with Crippen LogP contribution in [0.15, 0.2) is 12.2 Å². The summed E-state index contributed by atoms with van der Waals surface area (Å²) in [6, 6.07) is 0.525. The summed E-state index contributed by atoms with van der Waals surface area (Å²) in [6.07, 6.45) is 5.50. The molecule has 0 bridgehead atoms. The predicted molar refractivity (Wildman–Crippen MR) is 65.1 cm³/mol. The second-order valence-corrected chi connectivity index (χ2v) is 4.92. The van der Waals surface area contributed by atoms with Crippen LogP contribution >= 0.6 is 0 Å². The number of hydrogen-bond acceptors (Lipinski definition) is 2.